The maximum atomic E-state index is 16.6. The van der Waals surface area contributed by atoms with E-state index < -0.39 is 94.6 Å². The summed E-state index contributed by atoms with van der Waals surface area (Å²) in [5.41, 5.74) is -1.32. The number of likely N-dealkylation sites (N-methyl/N-ethyl adjacent to an activating group) is 1. The van der Waals surface area contributed by atoms with Crippen LogP contribution in [-0.2, 0) is 6.18 Å². The van der Waals surface area contributed by atoms with Crippen LogP contribution in [0.15, 0.2) is 6.07 Å². The molecule has 1 aliphatic carbocycles. The fourth-order valence-electron chi connectivity index (χ4n) is 5.41. The number of hydrogen-bond donors (Lipinski definition) is 3. The summed E-state index contributed by atoms with van der Waals surface area (Å²) in [4.78, 5) is 14.1. The number of pyridine rings is 1. The third kappa shape index (κ3) is 7.61. The lowest BCUT2D eigenvalue weighted by molar-refractivity contribution is -0.137. The highest BCUT2D eigenvalue weighted by Crippen LogP contribution is 2.61. The average Bonchev–Trinajstić information content (AvgIpc) is 3.56. The minimum Gasteiger partial charge on any atom is -0.474 e. The molecule has 4 rings (SSSR count). The Balaban J connectivity index is 1.93. The molecule has 1 saturated carbocycles. The van der Waals surface area contributed by atoms with E-state index in [0.29, 0.717) is 19.0 Å². The van der Waals surface area contributed by atoms with Crippen molar-refractivity contribution in [2.45, 2.75) is 58.2 Å². The van der Waals surface area contributed by atoms with Gasteiger partial charge in [0.05, 0.1) is 29.4 Å². The Bertz CT molecular complexity index is 1620. The molecule has 1 aliphatic rings. The van der Waals surface area contributed by atoms with E-state index in [1.807, 2.05) is 0 Å². The number of nitrogens with two attached hydrogens (primary N) is 1. The summed E-state index contributed by atoms with van der Waals surface area (Å²) < 4.78 is 128. The highest BCUT2D eigenvalue weighted by molar-refractivity contribution is 5.96. The van der Waals surface area contributed by atoms with Gasteiger partial charge in [-0.3, -0.25) is 4.39 Å². The van der Waals surface area contributed by atoms with Gasteiger partial charge in [0, 0.05) is 38.2 Å². The number of anilines is 2. The zero-order chi connectivity index (χ0) is 35.6. The van der Waals surface area contributed by atoms with Gasteiger partial charge < -0.3 is 30.7 Å². The molecule has 1 fully saturated rings. The Morgan fingerprint density at radius 3 is 2.40 bits per heavy atom. The first kappa shape index (κ1) is 37.1. The van der Waals surface area contributed by atoms with Gasteiger partial charge in [-0.1, -0.05) is 6.92 Å². The number of rotatable bonds is 16. The molecule has 2 heterocycles. The van der Waals surface area contributed by atoms with Gasteiger partial charge in [0.2, 0.25) is 5.88 Å². The van der Waals surface area contributed by atoms with Gasteiger partial charge in [-0.25, -0.2) is 22.5 Å². The number of nitrogen functional groups attached to an aromatic ring is 1. The molecule has 0 radical (unpaired) electrons. The predicted molar refractivity (Wildman–Crippen MR) is 165 cm³/mol. The molecule has 1 aromatic carbocycles. The monoisotopic (exact) mass is 693 g/mol. The van der Waals surface area contributed by atoms with Gasteiger partial charge in [0.1, 0.15) is 34.8 Å². The molecule has 2 atom stereocenters. The second kappa shape index (κ2) is 14.4. The molecule has 4 N–H and O–H groups in total. The first-order chi connectivity index (χ1) is 22.5. The predicted octanol–water partition coefficient (Wildman–Crippen LogP) is 6.38. The molecule has 0 saturated heterocycles. The van der Waals surface area contributed by atoms with Crippen LogP contribution < -0.4 is 25.8 Å². The van der Waals surface area contributed by atoms with Crippen molar-refractivity contribution in [3.8, 4) is 23.1 Å². The van der Waals surface area contributed by atoms with Gasteiger partial charge in [-0.2, -0.15) is 23.1 Å². The van der Waals surface area contributed by atoms with Gasteiger partial charge >= 0.3 is 12.2 Å². The van der Waals surface area contributed by atoms with E-state index in [0.717, 1.165) is 6.92 Å². The van der Waals surface area contributed by atoms with Crippen LogP contribution in [0.25, 0.3) is 22.2 Å². The van der Waals surface area contributed by atoms with Crippen molar-refractivity contribution in [1.29, 1.82) is 0 Å². The van der Waals surface area contributed by atoms with Crippen molar-refractivity contribution in [2.24, 2.45) is 5.41 Å². The summed E-state index contributed by atoms with van der Waals surface area (Å²) in [6.07, 6.45) is -5.65. The topological polar surface area (TPSA) is 110 Å². The molecular formula is C31H39F8N7O2. The molecule has 0 amide bonds. The van der Waals surface area contributed by atoms with Crippen LogP contribution in [0.5, 0.6) is 11.9 Å². The molecule has 0 aliphatic heterocycles. The van der Waals surface area contributed by atoms with E-state index in [2.05, 4.69) is 25.6 Å². The summed E-state index contributed by atoms with van der Waals surface area (Å²) in [5.74, 6) is -6.21. The van der Waals surface area contributed by atoms with Crippen molar-refractivity contribution in [3.63, 3.8) is 0 Å². The normalized spacial score (nSPS) is 18.0. The fraction of sp³-hybridized carbons (Fsp3) is 0.581. The van der Waals surface area contributed by atoms with Crippen molar-refractivity contribution in [2.75, 3.05) is 64.6 Å². The maximum Gasteiger partial charge on any atom is 0.417 e. The van der Waals surface area contributed by atoms with E-state index in [1.165, 1.54) is 0 Å². The quantitative estimate of drug-likeness (QED) is 0.0894. The van der Waals surface area contributed by atoms with Crippen LogP contribution in [0.3, 0.4) is 0 Å². The van der Waals surface area contributed by atoms with E-state index in [-0.39, 0.29) is 43.1 Å². The van der Waals surface area contributed by atoms with Crippen molar-refractivity contribution in [1.82, 2.24) is 25.2 Å². The largest absolute Gasteiger partial charge is 0.474 e. The number of ether oxygens (including phenoxy) is 2. The SMILES string of the molecule is CCC(C)Oc1nc(-c2cc(N)c(F)c(C)c2C(F)(F)F)c(F)c2nc(OCC3(CN(C)CCCF)CC3(F)F)nc(NCCNC)c12. The molecule has 3 aromatic rings. The number of aromatic nitrogens is 3. The van der Waals surface area contributed by atoms with Gasteiger partial charge in [0.25, 0.3) is 5.92 Å². The zero-order valence-corrected chi connectivity index (χ0v) is 27.2. The minimum absolute atomic E-state index is 0.0796. The third-order valence-electron chi connectivity index (χ3n) is 8.29. The minimum atomic E-state index is -5.14. The number of nitrogens with one attached hydrogen (secondary N) is 2. The molecule has 48 heavy (non-hydrogen) atoms. The van der Waals surface area contributed by atoms with Crippen molar-refractivity contribution < 1.29 is 44.6 Å². The van der Waals surface area contributed by atoms with Gasteiger partial charge in [0.15, 0.2) is 5.82 Å². The molecule has 266 valence electrons. The van der Waals surface area contributed by atoms with E-state index >= 15 is 4.39 Å². The highest BCUT2D eigenvalue weighted by atomic mass is 19.4. The Hall–Kier alpha value is -3.73. The molecule has 2 unspecified atom stereocenters. The first-order valence-corrected chi connectivity index (χ1v) is 15.4. The molecular weight excluding hydrogens is 654 g/mol. The van der Waals surface area contributed by atoms with Crippen LogP contribution in [0, 0.1) is 24.0 Å². The number of halogens is 8. The van der Waals surface area contributed by atoms with Crippen molar-refractivity contribution in [3.05, 3.63) is 28.8 Å². The van der Waals surface area contributed by atoms with Crippen molar-refractivity contribution >= 4 is 22.4 Å². The number of nitrogens with zero attached hydrogens (tertiary/aromatic N) is 4. The number of hydrogen-bond acceptors (Lipinski definition) is 9. The summed E-state index contributed by atoms with van der Waals surface area (Å²) >= 11 is 0. The molecule has 0 bridgehead atoms. The Labute approximate surface area is 272 Å². The Morgan fingerprint density at radius 1 is 1.12 bits per heavy atom. The maximum absolute atomic E-state index is 16.6. The number of fused-ring (bicyclic) bond motifs is 1. The number of alkyl halides is 6. The number of benzene rings is 1. The second-order valence-electron chi connectivity index (χ2n) is 12.1. The summed E-state index contributed by atoms with van der Waals surface area (Å²) in [7, 11) is 3.25. The van der Waals surface area contributed by atoms with Crippen LogP contribution in [0.4, 0.5) is 46.6 Å². The van der Waals surface area contributed by atoms with E-state index in [9.17, 15) is 30.7 Å². The smallest absolute Gasteiger partial charge is 0.417 e. The zero-order valence-electron chi connectivity index (χ0n) is 27.2. The molecule has 9 nitrogen and oxygen atoms in total. The molecule has 0 spiro atoms. The lowest BCUT2D eigenvalue weighted by Gasteiger charge is -2.24. The summed E-state index contributed by atoms with van der Waals surface area (Å²) in [6, 6.07) is 0.0951. The molecule has 2 aromatic heterocycles. The fourth-order valence-corrected chi connectivity index (χ4v) is 5.41. The lowest BCUT2D eigenvalue weighted by Crippen LogP contribution is -2.35. The van der Waals surface area contributed by atoms with Crippen LogP contribution in [0.1, 0.15) is 44.2 Å². The van der Waals surface area contributed by atoms with Crippen LogP contribution >= 0.6 is 0 Å². The molecule has 17 heteroatoms. The average molecular weight is 694 g/mol. The van der Waals surface area contributed by atoms with Crippen LogP contribution in [0.2, 0.25) is 0 Å². The van der Waals surface area contributed by atoms with E-state index in [1.54, 1.807) is 32.8 Å². The third-order valence-corrected chi connectivity index (χ3v) is 8.29. The lowest BCUT2D eigenvalue weighted by atomic mass is 9.96. The second-order valence-corrected chi connectivity index (χ2v) is 12.1. The highest BCUT2D eigenvalue weighted by Gasteiger charge is 2.71. The first-order valence-electron chi connectivity index (χ1n) is 15.4. The standard InChI is InChI=1S/C31H39F8N7O2/c1-6-16(2)48-27-20-25(23(34)24(43-27)18-12-19(40)22(33)17(3)21(18)31(37,38)39)44-28(45-26(20)42-10-9-41-4)47-15-29(13-30(29,35)36)14-46(5)11-7-8-32/h12,16,41H,6-11,13-15,40H2,1-5H3,(H,42,44,45). The van der Waals surface area contributed by atoms with Crippen LogP contribution in [-0.4, -0.2) is 85.4 Å². The summed E-state index contributed by atoms with van der Waals surface area (Å²) in [6.45, 7) is 3.78. The summed E-state index contributed by atoms with van der Waals surface area (Å²) in [5, 5.41) is 5.74. The van der Waals surface area contributed by atoms with Gasteiger partial charge in [-0.15, -0.1) is 0 Å². The van der Waals surface area contributed by atoms with Gasteiger partial charge in [-0.05, 0) is 52.4 Å². The Kier molecular flexibility index (Phi) is 11.1. The van der Waals surface area contributed by atoms with E-state index in [4.69, 9.17) is 15.2 Å². The Morgan fingerprint density at radius 2 is 1.81 bits per heavy atom.